The highest BCUT2D eigenvalue weighted by Gasteiger charge is 2.22. The van der Waals surface area contributed by atoms with E-state index in [-0.39, 0.29) is 5.78 Å². The number of nitrogens with two attached hydrogens (primary N) is 1. The van der Waals surface area contributed by atoms with Crippen molar-refractivity contribution in [1.82, 2.24) is 0 Å². The van der Waals surface area contributed by atoms with Crippen molar-refractivity contribution in [2.24, 2.45) is 0 Å². The van der Waals surface area contributed by atoms with E-state index in [1.807, 2.05) is 19.9 Å². The van der Waals surface area contributed by atoms with Gasteiger partial charge in [0.2, 0.25) is 0 Å². The van der Waals surface area contributed by atoms with Gasteiger partial charge in [-0.25, -0.2) is 0 Å². The van der Waals surface area contributed by atoms with Crippen molar-refractivity contribution < 1.29 is 9.53 Å². The molecule has 0 spiro atoms. The minimum absolute atomic E-state index is 0.203. The molecule has 2 aromatic rings. The Bertz CT molecular complexity index is 729. The maximum absolute atomic E-state index is 12.9. The molecule has 0 saturated heterocycles. The molecule has 0 aliphatic carbocycles. The van der Waals surface area contributed by atoms with E-state index in [0.29, 0.717) is 27.6 Å². The second-order valence-corrected chi connectivity index (χ2v) is 6.04. The second kappa shape index (κ2) is 6.08. The van der Waals surface area contributed by atoms with Crippen molar-refractivity contribution in [3.8, 4) is 5.75 Å². The molecule has 0 fully saturated rings. The van der Waals surface area contributed by atoms with Gasteiger partial charge in [-0.1, -0.05) is 27.5 Å². The molecule has 0 atom stereocenters. The number of anilines is 1. The van der Waals surface area contributed by atoms with E-state index in [1.165, 1.54) is 0 Å². The molecular weight excluding hydrogens is 354 g/mol. The Kier molecular flexibility index (Phi) is 4.59. The Hall–Kier alpha value is -1.52. The average Bonchev–Trinajstić information content (AvgIpc) is 2.44. The molecule has 2 aromatic carbocycles. The van der Waals surface area contributed by atoms with Crippen molar-refractivity contribution in [3.63, 3.8) is 0 Å². The fourth-order valence-corrected chi connectivity index (χ4v) is 2.98. The third kappa shape index (κ3) is 2.92. The van der Waals surface area contributed by atoms with Gasteiger partial charge in [0.1, 0.15) is 5.75 Å². The number of benzene rings is 2. The third-order valence-corrected chi connectivity index (χ3v) is 4.48. The number of methoxy groups -OCH3 is 1. The highest BCUT2D eigenvalue weighted by atomic mass is 79.9. The summed E-state index contributed by atoms with van der Waals surface area (Å²) < 4.78 is 6.26. The molecule has 0 aromatic heterocycles. The van der Waals surface area contributed by atoms with Gasteiger partial charge in [-0.3, -0.25) is 4.79 Å². The van der Waals surface area contributed by atoms with Crippen LogP contribution in [0.5, 0.6) is 5.75 Å². The van der Waals surface area contributed by atoms with Gasteiger partial charge in [0.15, 0.2) is 5.78 Å². The van der Waals surface area contributed by atoms with Crippen LogP contribution in [0.3, 0.4) is 0 Å². The summed E-state index contributed by atoms with van der Waals surface area (Å²) in [4.78, 5) is 12.9. The number of nitrogen functional groups attached to an aromatic ring is 1. The minimum atomic E-state index is -0.203. The lowest BCUT2D eigenvalue weighted by molar-refractivity contribution is 0.103. The summed E-state index contributed by atoms with van der Waals surface area (Å²) in [6, 6.07) is 6.79. The Balaban J connectivity index is 2.71. The zero-order valence-electron chi connectivity index (χ0n) is 12.0. The van der Waals surface area contributed by atoms with Crippen LogP contribution in [0.2, 0.25) is 5.02 Å². The fourth-order valence-electron chi connectivity index (χ4n) is 2.24. The summed E-state index contributed by atoms with van der Waals surface area (Å²) in [5.74, 6) is 0.352. The summed E-state index contributed by atoms with van der Waals surface area (Å²) in [5, 5.41) is 0.369. The van der Waals surface area contributed by atoms with Crippen LogP contribution in [0, 0.1) is 13.8 Å². The van der Waals surface area contributed by atoms with Gasteiger partial charge in [0, 0.05) is 15.7 Å². The van der Waals surface area contributed by atoms with Crippen LogP contribution in [0.1, 0.15) is 27.0 Å². The molecule has 0 radical (unpaired) electrons. The molecule has 0 aliphatic heterocycles. The smallest absolute Gasteiger partial charge is 0.198 e. The quantitative estimate of drug-likeness (QED) is 0.639. The summed E-state index contributed by atoms with van der Waals surface area (Å²) in [7, 11) is 1.55. The molecule has 2 N–H and O–H groups in total. The van der Waals surface area contributed by atoms with Crippen LogP contribution >= 0.6 is 27.5 Å². The maximum atomic E-state index is 12.9. The van der Waals surface area contributed by atoms with Crippen LogP contribution in [-0.2, 0) is 0 Å². The molecule has 0 amide bonds. The third-order valence-electron chi connectivity index (χ3n) is 3.33. The van der Waals surface area contributed by atoms with Gasteiger partial charge in [0.05, 0.1) is 17.7 Å². The molecule has 5 heteroatoms. The largest absolute Gasteiger partial charge is 0.496 e. The number of aryl methyl sites for hydroxylation is 1. The summed E-state index contributed by atoms with van der Waals surface area (Å²) >= 11 is 9.61. The topological polar surface area (TPSA) is 52.3 Å². The van der Waals surface area contributed by atoms with E-state index in [0.717, 1.165) is 15.6 Å². The highest BCUT2D eigenvalue weighted by molar-refractivity contribution is 9.10. The van der Waals surface area contributed by atoms with Crippen molar-refractivity contribution >= 4 is 39.0 Å². The molecule has 0 saturated carbocycles. The molecule has 110 valence electrons. The zero-order chi connectivity index (χ0) is 15.7. The minimum Gasteiger partial charge on any atom is -0.496 e. The number of halogens is 2. The van der Waals surface area contributed by atoms with Gasteiger partial charge < -0.3 is 10.5 Å². The van der Waals surface area contributed by atoms with Crippen LogP contribution in [0.25, 0.3) is 0 Å². The standard InChI is InChI=1S/C16H15BrClNO2/c1-8-6-12(17)9(2)14(16(8)21-3)15(20)11-7-10(19)4-5-13(11)18/h4-7H,19H2,1-3H3. The lowest BCUT2D eigenvalue weighted by atomic mass is 9.95. The number of rotatable bonds is 3. The van der Waals surface area contributed by atoms with Crippen LogP contribution in [0.4, 0.5) is 5.69 Å². The van der Waals surface area contributed by atoms with Crippen LogP contribution in [-0.4, -0.2) is 12.9 Å². The number of hydrogen-bond acceptors (Lipinski definition) is 3. The molecule has 21 heavy (non-hydrogen) atoms. The first kappa shape index (κ1) is 15.9. The zero-order valence-corrected chi connectivity index (χ0v) is 14.3. The van der Waals surface area contributed by atoms with Gasteiger partial charge in [-0.15, -0.1) is 0 Å². The lowest BCUT2D eigenvalue weighted by Crippen LogP contribution is -2.09. The number of ether oxygens (including phenoxy) is 1. The van der Waals surface area contributed by atoms with Crippen LogP contribution in [0.15, 0.2) is 28.7 Å². The van der Waals surface area contributed by atoms with Gasteiger partial charge in [0.25, 0.3) is 0 Å². The first-order valence-corrected chi connectivity index (χ1v) is 7.47. The first-order chi connectivity index (χ1) is 9.86. The molecule has 0 heterocycles. The Labute approximate surface area is 137 Å². The predicted molar refractivity (Wildman–Crippen MR) is 89.5 cm³/mol. The van der Waals surface area contributed by atoms with Crippen molar-refractivity contribution in [1.29, 1.82) is 0 Å². The summed E-state index contributed by atoms with van der Waals surface area (Å²) in [6.07, 6.45) is 0. The molecule has 0 bridgehead atoms. The van der Waals surface area contributed by atoms with E-state index in [1.54, 1.807) is 25.3 Å². The second-order valence-electron chi connectivity index (χ2n) is 4.78. The fraction of sp³-hybridized carbons (Fsp3) is 0.188. The Morgan fingerprint density at radius 2 is 1.95 bits per heavy atom. The predicted octanol–water partition coefficient (Wildman–Crippen LogP) is 4.54. The van der Waals surface area contributed by atoms with E-state index >= 15 is 0 Å². The van der Waals surface area contributed by atoms with Gasteiger partial charge in [-0.2, -0.15) is 0 Å². The monoisotopic (exact) mass is 367 g/mol. The van der Waals surface area contributed by atoms with Gasteiger partial charge >= 0.3 is 0 Å². The van der Waals surface area contributed by atoms with Crippen molar-refractivity contribution in [2.75, 3.05) is 12.8 Å². The Morgan fingerprint density at radius 1 is 1.29 bits per heavy atom. The Morgan fingerprint density at radius 3 is 2.57 bits per heavy atom. The summed E-state index contributed by atoms with van der Waals surface area (Å²) in [5.41, 5.74) is 8.80. The van der Waals surface area contributed by atoms with E-state index < -0.39 is 0 Å². The SMILES string of the molecule is COc1c(C)cc(Br)c(C)c1C(=O)c1cc(N)ccc1Cl. The number of carbonyl (C=O) groups excluding carboxylic acids is 1. The van der Waals surface area contributed by atoms with E-state index in [4.69, 9.17) is 22.1 Å². The molecular formula is C16H15BrClNO2. The molecule has 3 nitrogen and oxygen atoms in total. The maximum Gasteiger partial charge on any atom is 0.198 e. The van der Waals surface area contributed by atoms with Crippen molar-refractivity contribution in [2.45, 2.75) is 13.8 Å². The first-order valence-electron chi connectivity index (χ1n) is 6.30. The van der Waals surface area contributed by atoms with Crippen molar-refractivity contribution in [3.05, 3.63) is 56.0 Å². The van der Waals surface area contributed by atoms with E-state index in [2.05, 4.69) is 15.9 Å². The average molecular weight is 369 g/mol. The van der Waals surface area contributed by atoms with Crippen LogP contribution < -0.4 is 10.5 Å². The van der Waals surface area contributed by atoms with Gasteiger partial charge in [-0.05, 0) is 49.2 Å². The molecule has 0 unspecified atom stereocenters. The summed E-state index contributed by atoms with van der Waals surface area (Å²) in [6.45, 7) is 3.75. The number of carbonyl (C=O) groups is 1. The number of ketones is 1. The lowest BCUT2D eigenvalue weighted by Gasteiger charge is -2.16. The van der Waals surface area contributed by atoms with E-state index in [9.17, 15) is 4.79 Å². The number of hydrogen-bond donors (Lipinski definition) is 1. The normalized spacial score (nSPS) is 10.5. The molecule has 0 aliphatic rings. The molecule has 2 rings (SSSR count). The highest BCUT2D eigenvalue weighted by Crippen LogP contribution is 2.35.